The van der Waals surface area contributed by atoms with Crippen LogP contribution in [-0.2, 0) is 0 Å². The first kappa shape index (κ1) is 8.76. The quantitative estimate of drug-likeness (QED) is 0.543. The Hall–Kier alpha value is -0.330. The van der Waals surface area contributed by atoms with Crippen molar-refractivity contribution >= 4 is 0 Å². The Balaban J connectivity index is 2.93. The lowest BCUT2D eigenvalue weighted by atomic mass is 9.81. The number of allylic oxidation sites excluding steroid dienone is 2. The second-order valence-electron chi connectivity index (χ2n) is 3.99. The topological polar surface area (TPSA) is 0 Å². The van der Waals surface area contributed by atoms with Gasteiger partial charge in [0.1, 0.15) is 5.83 Å². The maximum Gasteiger partial charge on any atom is 0.102 e. The van der Waals surface area contributed by atoms with E-state index < -0.39 is 0 Å². The van der Waals surface area contributed by atoms with E-state index in [0.29, 0.717) is 0 Å². The molecule has 0 saturated heterocycles. The van der Waals surface area contributed by atoms with E-state index in [2.05, 4.69) is 13.8 Å². The number of hydrogen-bond donors (Lipinski definition) is 0. The van der Waals surface area contributed by atoms with Crippen LogP contribution >= 0.6 is 0 Å². The Bertz CT molecular complexity index is 193. The molecule has 1 aliphatic rings. The third-order valence-electron chi connectivity index (χ3n) is 3.23. The van der Waals surface area contributed by atoms with Crippen LogP contribution in [0.4, 0.5) is 4.39 Å². The predicted molar refractivity (Wildman–Crippen MR) is 46.0 cm³/mol. The fourth-order valence-corrected chi connectivity index (χ4v) is 1.99. The summed E-state index contributed by atoms with van der Waals surface area (Å²) in [6.07, 6.45) is 2.04. The highest BCUT2D eigenvalue weighted by molar-refractivity contribution is 5.23. The molecule has 11 heavy (non-hydrogen) atoms. The van der Waals surface area contributed by atoms with Crippen LogP contribution < -0.4 is 0 Å². The largest absolute Gasteiger partial charge is 0.212 e. The molecule has 0 N–H and O–H groups in total. The Morgan fingerprint density at radius 2 is 2.18 bits per heavy atom. The van der Waals surface area contributed by atoms with Crippen LogP contribution in [0.3, 0.4) is 0 Å². The summed E-state index contributed by atoms with van der Waals surface area (Å²) in [5, 5.41) is 0. The van der Waals surface area contributed by atoms with Gasteiger partial charge >= 0.3 is 0 Å². The minimum absolute atomic E-state index is 0.134. The van der Waals surface area contributed by atoms with E-state index in [1.807, 2.05) is 13.8 Å². The summed E-state index contributed by atoms with van der Waals surface area (Å²) in [6.45, 7) is 8.20. The van der Waals surface area contributed by atoms with Gasteiger partial charge < -0.3 is 0 Å². The normalized spacial score (nSPS) is 38.5. The monoisotopic (exact) mass is 156 g/mol. The van der Waals surface area contributed by atoms with Crippen LogP contribution in [0.5, 0.6) is 0 Å². The van der Waals surface area contributed by atoms with Gasteiger partial charge in [-0.3, -0.25) is 0 Å². The molecule has 0 aliphatic heterocycles. The van der Waals surface area contributed by atoms with E-state index in [1.54, 1.807) is 0 Å². The van der Waals surface area contributed by atoms with Crippen LogP contribution in [0.1, 0.15) is 40.5 Å². The van der Waals surface area contributed by atoms with Crippen LogP contribution in [0.15, 0.2) is 11.4 Å². The molecule has 1 aliphatic carbocycles. The van der Waals surface area contributed by atoms with E-state index >= 15 is 0 Å². The van der Waals surface area contributed by atoms with Crippen molar-refractivity contribution in [1.82, 2.24) is 0 Å². The minimum Gasteiger partial charge on any atom is -0.212 e. The predicted octanol–water partition coefficient (Wildman–Crippen LogP) is 3.69. The fraction of sp³-hybridized carbons (Fsp3) is 0.800. The van der Waals surface area contributed by atoms with Crippen molar-refractivity contribution in [3.63, 3.8) is 0 Å². The average molecular weight is 156 g/mol. The summed E-state index contributed by atoms with van der Waals surface area (Å²) in [7, 11) is 0. The van der Waals surface area contributed by atoms with Crippen molar-refractivity contribution < 1.29 is 4.39 Å². The molecule has 1 heteroatoms. The van der Waals surface area contributed by atoms with Crippen LogP contribution in [0, 0.1) is 11.3 Å². The van der Waals surface area contributed by atoms with E-state index in [9.17, 15) is 4.39 Å². The average Bonchev–Trinajstić information content (AvgIpc) is 2.17. The van der Waals surface area contributed by atoms with Gasteiger partial charge in [0.05, 0.1) is 0 Å². The summed E-state index contributed by atoms with van der Waals surface area (Å²) in [6, 6.07) is 0. The molecule has 1 rings (SSSR count). The van der Waals surface area contributed by atoms with Crippen LogP contribution in [0.2, 0.25) is 0 Å². The van der Waals surface area contributed by atoms with Gasteiger partial charge in [0.25, 0.3) is 0 Å². The minimum atomic E-state index is 0.134. The zero-order chi connectivity index (χ0) is 8.65. The highest BCUT2D eigenvalue weighted by atomic mass is 19.1. The maximum absolute atomic E-state index is 13.3. The first-order valence-electron chi connectivity index (χ1n) is 4.38. The number of hydrogen-bond acceptors (Lipinski definition) is 0. The zero-order valence-electron chi connectivity index (χ0n) is 7.87. The molecular weight excluding hydrogens is 139 g/mol. The van der Waals surface area contributed by atoms with Crippen molar-refractivity contribution in [1.29, 1.82) is 0 Å². The van der Waals surface area contributed by atoms with Gasteiger partial charge in [0.2, 0.25) is 0 Å². The lowest BCUT2D eigenvalue weighted by molar-refractivity contribution is 0.344. The second-order valence-corrected chi connectivity index (χ2v) is 3.99. The molecule has 0 fully saturated rings. The van der Waals surface area contributed by atoms with E-state index in [-0.39, 0.29) is 17.2 Å². The molecule has 0 aromatic carbocycles. The van der Waals surface area contributed by atoms with Gasteiger partial charge in [-0.1, -0.05) is 20.8 Å². The Morgan fingerprint density at radius 1 is 1.64 bits per heavy atom. The van der Waals surface area contributed by atoms with Crippen molar-refractivity contribution in [2.75, 3.05) is 0 Å². The highest BCUT2D eigenvalue weighted by Gasteiger charge is 2.37. The maximum atomic E-state index is 13.3. The van der Waals surface area contributed by atoms with Crippen molar-refractivity contribution in [3.8, 4) is 0 Å². The van der Waals surface area contributed by atoms with Gasteiger partial charge in [0, 0.05) is 5.92 Å². The Kier molecular flexibility index (Phi) is 2.08. The molecule has 0 saturated carbocycles. The van der Waals surface area contributed by atoms with Gasteiger partial charge in [0.15, 0.2) is 0 Å². The fourth-order valence-electron chi connectivity index (χ4n) is 1.99. The third kappa shape index (κ3) is 1.21. The molecule has 0 spiro atoms. The molecule has 0 heterocycles. The number of rotatable bonds is 1. The third-order valence-corrected chi connectivity index (χ3v) is 3.23. The Labute approximate surface area is 68.5 Å². The first-order valence-corrected chi connectivity index (χ1v) is 4.38. The van der Waals surface area contributed by atoms with Gasteiger partial charge in [-0.05, 0) is 30.8 Å². The smallest absolute Gasteiger partial charge is 0.102 e. The summed E-state index contributed by atoms with van der Waals surface area (Å²) < 4.78 is 13.3. The summed E-state index contributed by atoms with van der Waals surface area (Å²) >= 11 is 0. The van der Waals surface area contributed by atoms with Gasteiger partial charge in [-0.25, -0.2) is 4.39 Å². The molecule has 0 bridgehead atoms. The van der Waals surface area contributed by atoms with E-state index in [0.717, 1.165) is 18.4 Å². The lowest BCUT2D eigenvalue weighted by Crippen LogP contribution is -2.13. The van der Waals surface area contributed by atoms with Crippen molar-refractivity contribution in [2.45, 2.75) is 40.5 Å². The molecule has 0 amide bonds. The first-order chi connectivity index (χ1) is 5.01. The van der Waals surface area contributed by atoms with Gasteiger partial charge in [-0.15, -0.1) is 0 Å². The molecule has 0 aromatic rings. The van der Waals surface area contributed by atoms with E-state index in [1.165, 1.54) is 0 Å². The summed E-state index contributed by atoms with van der Waals surface area (Å²) in [5.41, 5.74) is 1.12. The summed E-state index contributed by atoms with van der Waals surface area (Å²) in [4.78, 5) is 0. The standard InChI is InChI=1S/C10H17F/c1-5-10(4)6-7(2)9(11)8(10)3/h7H,5-6H2,1-4H3. The molecule has 0 aromatic heterocycles. The van der Waals surface area contributed by atoms with E-state index in [4.69, 9.17) is 0 Å². The van der Waals surface area contributed by atoms with Crippen LogP contribution in [-0.4, -0.2) is 0 Å². The van der Waals surface area contributed by atoms with Crippen molar-refractivity contribution in [2.24, 2.45) is 11.3 Å². The van der Waals surface area contributed by atoms with Crippen LogP contribution in [0.25, 0.3) is 0 Å². The highest BCUT2D eigenvalue weighted by Crippen LogP contribution is 2.48. The molecule has 2 atom stereocenters. The molecule has 64 valence electrons. The van der Waals surface area contributed by atoms with Gasteiger partial charge in [-0.2, -0.15) is 0 Å². The summed E-state index contributed by atoms with van der Waals surface area (Å²) in [5.74, 6) is 0.286. The SMILES string of the molecule is CCC1(C)CC(C)C(F)=C1C. The van der Waals surface area contributed by atoms with Crippen molar-refractivity contribution in [3.05, 3.63) is 11.4 Å². The Morgan fingerprint density at radius 3 is 2.36 bits per heavy atom. The number of halogens is 1. The molecule has 0 nitrogen and oxygen atoms in total. The molecule has 0 radical (unpaired) electrons. The molecule has 2 unspecified atom stereocenters. The molecular formula is C10H17F. The zero-order valence-corrected chi connectivity index (χ0v) is 7.87. The second kappa shape index (κ2) is 2.62. The lowest BCUT2D eigenvalue weighted by Gasteiger charge is -2.23.